The van der Waals surface area contributed by atoms with Crippen molar-refractivity contribution in [1.82, 2.24) is 25.6 Å². The predicted octanol–water partition coefficient (Wildman–Crippen LogP) is -1.05. The van der Waals surface area contributed by atoms with E-state index in [1.165, 1.54) is 5.69 Å². The molecular formula is C23H42IN6O3S-. The van der Waals surface area contributed by atoms with Crippen molar-refractivity contribution in [1.29, 1.82) is 0.594 Å². The van der Waals surface area contributed by atoms with Crippen molar-refractivity contribution in [2.45, 2.75) is 76.8 Å². The fourth-order valence-corrected chi connectivity index (χ4v) is 5.19. The fourth-order valence-electron chi connectivity index (χ4n) is 5.19. The second-order valence-electron chi connectivity index (χ2n) is 9.17. The van der Waals surface area contributed by atoms with Crippen molar-refractivity contribution in [3.63, 3.8) is 0 Å². The summed E-state index contributed by atoms with van der Waals surface area (Å²) in [5.41, 5.74) is 7.92. The molecule has 2 aliphatic rings. The first-order chi connectivity index (χ1) is 17.0. The van der Waals surface area contributed by atoms with E-state index >= 15 is 0 Å². The van der Waals surface area contributed by atoms with Crippen molar-refractivity contribution in [3.8, 4) is 0 Å². The second-order valence-corrected chi connectivity index (χ2v) is 9.17. The molecule has 4 N–H and O–H groups in total. The standard InChI is InChI=1S/C23H40N6O3.H2IS/c1-25-20(7-3-5-13-24)22(30)8-4-6-14-29-21-12-10-17-16(9-11-19(21)27-28-29)18(17)15-32-23(31)26-2;1-2/h16-18,20,25H,3-15,24H2,1-2H3,(H,26,31);1-2H/q;-1/t16-,17+,18-,20-;/m0./s1/i;1D. The predicted molar refractivity (Wildman–Crippen MR) is 133 cm³/mol. The molecule has 1 saturated carbocycles. The summed E-state index contributed by atoms with van der Waals surface area (Å²) in [4.78, 5) is 23.8. The number of alkyl carbamates (subject to hydrolysis) is 1. The van der Waals surface area contributed by atoms with Crippen LogP contribution in [-0.2, 0) is 28.9 Å². The zero-order valence-electron chi connectivity index (χ0n) is 21.5. The molecule has 0 aliphatic heterocycles. The number of rotatable bonds is 13. The number of hydrogen-bond donors (Lipinski definition) is 4. The molecule has 0 unspecified atom stereocenters. The van der Waals surface area contributed by atoms with Crippen LogP contribution in [0, 0.1) is 17.8 Å². The van der Waals surface area contributed by atoms with Crippen molar-refractivity contribution >= 4 is 21.7 Å². The van der Waals surface area contributed by atoms with Gasteiger partial charge in [-0.15, -0.1) is 5.10 Å². The summed E-state index contributed by atoms with van der Waals surface area (Å²) in [5.74, 6) is 2.04. The summed E-state index contributed by atoms with van der Waals surface area (Å²) < 4.78 is 13.5. The molecule has 4 atom stereocenters. The zero-order valence-corrected chi connectivity index (χ0v) is 23.5. The molecule has 11 heteroatoms. The fraction of sp³-hybridized carbons (Fsp3) is 0.826. The third-order valence-corrected chi connectivity index (χ3v) is 7.19. The summed E-state index contributed by atoms with van der Waals surface area (Å²) in [5, 5.41) is 14.5. The number of thiol groups is 1. The molecular weight excluding hydrogens is 567 g/mol. The third kappa shape index (κ3) is 8.63. The average Bonchev–Trinajstić information content (AvgIpc) is 3.36. The SMILES string of the molecule is CNC(=O)OC[C@@H]1[C@@H]2CCc3c(nnn3CCCCC(=O)[C@H](CCCCN)NC)CC[C@@H]21.[2H][I-]S. The number of ether oxygens (including phenoxy) is 1. The number of Topliss-reactive ketones (excluding diaryl/α,β-unsaturated/α-hetero) is 1. The number of unbranched alkanes of at least 4 members (excludes halogenated alkanes) is 2. The van der Waals surface area contributed by atoms with Crippen LogP contribution < -0.4 is 37.4 Å². The van der Waals surface area contributed by atoms with Gasteiger partial charge in [-0.25, -0.2) is 9.48 Å². The first-order valence-corrected chi connectivity index (χ1v) is 15.6. The van der Waals surface area contributed by atoms with Crippen LogP contribution in [0.3, 0.4) is 0 Å². The van der Waals surface area contributed by atoms with Gasteiger partial charge in [0.25, 0.3) is 0 Å². The minimum absolute atomic E-state index is 0.0558. The molecule has 1 amide bonds. The number of likely N-dealkylation sites (N-methyl/N-ethyl adjacent to an activating group) is 1. The normalized spacial score (nSPS) is 22.1. The third-order valence-electron chi connectivity index (χ3n) is 7.19. The van der Waals surface area contributed by atoms with Crippen LogP contribution in [0.15, 0.2) is 0 Å². The number of carbonyl (C=O) groups excluding carboxylic acids is 2. The monoisotopic (exact) mass is 610 g/mol. The van der Waals surface area contributed by atoms with Gasteiger partial charge >= 0.3 is 37.5 Å². The van der Waals surface area contributed by atoms with E-state index in [4.69, 9.17) is 11.1 Å². The van der Waals surface area contributed by atoms with Gasteiger partial charge in [0, 0.05) is 20.0 Å². The molecule has 1 fully saturated rings. The Kier molecular flexibility index (Phi) is 13.0. The Morgan fingerprint density at radius 2 is 2.00 bits per heavy atom. The molecule has 0 bridgehead atoms. The van der Waals surface area contributed by atoms with E-state index in [1.807, 2.05) is 7.05 Å². The van der Waals surface area contributed by atoms with Crippen molar-refractivity contribution < 1.29 is 35.3 Å². The number of ketones is 1. The molecule has 1 aromatic rings. The van der Waals surface area contributed by atoms with E-state index in [9.17, 15) is 9.59 Å². The number of fused-ring (bicyclic) bond motifs is 2. The molecule has 0 aromatic carbocycles. The van der Waals surface area contributed by atoms with E-state index in [0.717, 1.165) is 70.0 Å². The molecule has 9 nitrogen and oxygen atoms in total. The van der Waals surface area contributed by atoms with E-state index in [-0.39, 0.29) is 12.1 Å². The van der Waals surface area contributed by atoms with Gasteiger partial charge in [-0.1, -0.05) is 11.6 Å². The number of carbonyl (C=O) groups is 2. The van der Waals surface area contributed by atoms with Crippen LogP contribution in [0.5, 0.6) is 0 Å². The van der Waals surface area contributed by atoms with Gasteiger partial charge in [0.15, 0.2) is 0 Å². The van der Waals surface area contributed by atoms with Gasteiger partial charge in [-0.05, 0) is 82.7 Å². The van der Waals surface area contributed by atoms with Crippen LogP contribution in [0.2, 0.25) is 0 Å². The number of hydrogen-bond acceptors (Lipinski definition) is 8. The van der Waals surface area contributed by atoms with E-state index in [1.54, 1.807) is 7.05 Å². The number of amides is 1. The Hall–Kier alpha value is -0.920. The van der Waals surface area contributed by atoms with Gasteiger partial charge in [-0.2, -0.15) is 0 Å². The molecule has 0 spiro atoms. The number of nitrogens with two attached hydrogens (primary N) is 1. The molecule has 3 rings (SSSR count). The van der Waals surface area contributed by atoms with E-state index in [0.29, 0.717) is 43.1 Å². The van der Waals surface area contributed by atoms with Crippen molar-refractivity contribution in [2.75, 3.05) is 27.2 Å². The van der Waals surface area contributed by atoms with E-state index in [2.05, 4.69) is 35.4 Å². The number of aryl methyl sites for hydroxylation is 2. The topological polar surface area (TPSA) is 124 Å². The summed E-state index contributed by atoms with van der Waals surface area (Å²) >= 11 is -0.466. The van der Waals surface area contributed by atoms with Crippen molar-refractivity contribution in [3.05, 3.63) is 11.4 Å². The van der Waals surface area contributed by atoms with Gasteiger partial charge < -0.3 is 21.1 Å². The molecule has 34 heavy (non-hydrogen) atoms. The van der Waals surface area contributed by atoms with Crippen LogP contribution in [0.4, 0.5) is 4.79 Å². The van der Waals surface area contributed by atoms with Gasteiger partial charge in [0.2, 0.25) is 0 Å². The summed E-state index contributed by atoms with van der Waals surface area (Å²) in [7, 11) is 7.01. The first-order valence-electron chi connectivity index (χ1n) is 12.8. The number of halogens is 1. The van der Waals surface area contributed by atoms with E-state index < -0.39 is 21.0 Å². The minimum atomic E-state index is -0.466. The summed E-state index contributed by atoms with van der Waals surface area (Å²) in [6, 6.07) is -0.0558. The van der Waals surface area contributed by atoms with Crippen LogP contribution in [-0.4, -0.2) is 60.8 Å². The van der Waals surface area contributed by atoms with Gasteiger partial charge in [0.1, 0.15) is 5.78 Å². The van der Waals surface area contributed by atoms with Gasteiger partial charge in [0.05, 0.1) is 24.0 Å². The molecule has 1 heterocycles. The van der Waals surface area contributed by atoms with Crippen LogP contribution in [0.1, 0.15) is 62.8 Å². The first kappa shape index (κ1) is 27.7. The molecule has 1 aromatic heterocycles. The summed E-state index contributed by atoms with van der Waals surface area (Å²) in [6.07, 6.45) is 8.95. The Balaban J connectivity index is 0.00000137. The Morgan fingerprint density at radius 3 is 2.68 bits per heavy atom. The maximum atomic E-state index is 12.5. The Bertz CT molecular complexity index is 786. The Morgan fingerprint density at radius 1 is 1.26 bits per heavy atom. The van der Waals surface area contributed by atoms with Gasteiger partial charge in [-0.3, -0.25) is 4.79 Å². The maximum absolute atomic E-state index is 12.5. The Labute approximate surface area is 221 Å². The van der Waals surface area contributed by atoms with Crippen LogP contribution in [0.25, 0.3) is 0 Å². The number of nitrogens with zero attached hydrogens (tertiary/aromatic N) is 3. The van der Waals surface area contributed by atoms with Crippen LogP contribution >= 0.6 is 9.80 Å². The molecule has 0 saturated heterocycles. The summed E-state index contributed by atoms with van der Waals surface area (Å²) in [6.45, 7) is 2.00. The second kappa shape index (κ2) is 15.9. The molecule has 0 radical (unpaired) electrons. The zero-order chi connectivity index (χ0) is 25.6. The average molecular weight is 611 g/mol. The van der Waals surface area contributed by atoms with Crippen molar-refractivity contribution in [2.24, 2.45) is 23.5 Å². The quantitative estimate of drug-likeness (QED) is 0.128. The number of nitrogens with one attached hydrogen (secondary N) is 2. The molecule has 2 aliphatic carbocycles. The molecule has 196 valence electrons. The number of aromatic nitrogens is 3.